The highest BCUT2D eigenvalue weighted by Crippen LogP contribution is 2.27. The van der Waals surface area contributed by atoms with E-state index in [4.69, 9.17) is 0 Å². The van der Waals surface area contributed by atoms with Crippen molar-refractivity contribution in [1.82, 2.24) is 14.8 Å². The number of thiazole rings is 1. The van der Waals surface area contributed by atoms with Gasteiger partial charge in [-0.1, -0.05) is 12.1 Å². The summed E-state index contributed by atoms with van der Waals surface area (Å²) in [5.74, 6) is -0.956. The third kappa shape index (κ3) is 4.02. The summed E-state index contributed by atoms with van der Waals surface area (Å²) >= 11 is 1.11. The van der Waals surface area contributed by atoms with Crippen LogP contribution in [-0.2, 0) is 10.0 Å². The van der Waals surface area contributed by atoms with Crippen molar-refractivity contribution < 1.29 is 17.2 Å². The van der Waals surface area contributed by atoms with Gasteiger partial charge in [-0.3, -0.25) is 4.72 Å². The lowest BCUT2D eigenvalue weighted by Crippen LogP contribution is -2.13. The third-order valence-corrected chi connectivity index (χ3v) is 6.23. The van der Waals surface area contributed by atoms with Crippen molar-refractivity contribution in [1.29, 1.82) is 0 Å². The second-order valence-corrected chi connectivity index (χ2v) is 8.82. The molecule has 0 spiro atoms. The molecule has 0 fully saturated rings. The van der Waals surface area contributed by atoms with E-state index in [-0.39, 0.29) is 21.4 Å². The van der Waals surface area contributed by atoms with Crippen molar-refractivity contribution in [3.05, 3.63) is 77.4 Å². The predicted octanol–water partition coefficient (Wildman–Crippen LogP) is 4.46. The summed E-state index contributed by atoms with van der Waals surface area (Å²) in [5.41, 5.74) is 0.800. The number of aromatic nitrogens is 3. The number of aryl methyl sites for hydroxylation is 1. The lowest BCUT2D eigenvalue weighted by atomic mass is 10.3. The largest absolute Gasteiger partial charge is 0.338 e. The molecule has 2 heterocycles. The fourth-order valence-corrected chi connectivity index (χ4v) is 4.55. The van der Waals surface area contributed by atoms with Crippen LogP contribution in [0.5, 0.6) is 0 Å². The van der Waals surface area contributed by atoms with Crippen LogP contribution in [0.3, 0.4) is 0 Å². The lowest BCUT2D eigenvalue weighted by Gasteiger charge is -2.12. The van der Waals surface area contributed by atoms with Crippen LogP contribution in [0.25, 0.3) is 5.69 Å². The van der Waals surface area contributed by atoms with Crippen molar-refractivity contribution in [3.8, 4) is 5.69 Å². The first-order valence-corrected chi connectivity index (χ1v) is 11.0. The molecule has 0 saturated heterocycles. The van der Waals surface area contributed by atoms with Crippen LogP contribution in [0.2, 0.25) is 0 Å². The number of sulfonamides is 1. The van der Waals surface area contributed by atoms with E-state index >= 15 is 0 Å². The number of halogens is 2. The minimum absolute atomic E-state index is 0.0145. The summed E-state index contributed by atoms with van der Waals surface area (Å²) in [4.78, 5) is 3.60. The van der Waals surface area contributed by atoms with Crippen LogP contribution in [0.15, 0.2) is 65.0 Å². The fraction of sp³-hybridized carbons (Fsp3) is 0.0526. The van der Waals surface area contributed by atoms with Crippen LogP contribution >= 0.6 is 11.3 Å². The summed E-state index contributed by atoms with van der Waals surface area (Å²) in [5, 5.41) is 8.89. The van der Waals surface area contributed by atoms with Crippen molar-refractivity contribution in [2.75, 3.05) is 10.0 Å². The Morgan fingerprint density at radius 2 is 1.87 bits per heavy atom. The lowest BCUT2D eigenvalue weighted by molar-refractivity contribution is 0.596. The molecular formula is C19H15F2N5O2S2. The van der Waals surface area contributed by atoms with E-state index in [1.165, 1.54) is 29.1 Å². The minimum Gasteiger partial charge on any atom is -0.338 e. The summed E-state index contributed by atoms with van der Waals surface area (Å²) in [6.45, 7) is 1.72. The standard InChI is InChI=1S/C19H15F2N5O2S2/c1-12-10-18(26(24-12)17-5-3-2-4-14(17)20)23-16-7-6-13(11-15(16)21)30(27,28)25-19-22-8-9-29-19/h2-11,23H,1H3,(H,22,25). The van der Waals surface area contributed by atoms with Crippen molar-refractivity contribution in [3.63, 3.8) is 0 Å². The van der Waals surface area contributed by atoms with E-state index in [0.717, 1.165) is 17.4 Å². The Labute approximate surface area is 175 Å². The molecule has 0 saturated carbocycles. The molecule has 4 rings (SSSR count). The Morgan fingerprint density at radius 3 is 2.57 bits per heavy atom. The van der Waals surface area contributed by atoms with E-state index < -0.39 is 21.7 Å². The topological polar surface area (TPSA) is 88.9 Å². The van der Waals surface area contributed by atoms with Gasteiger partial charge in [0.05, 0.1) is 16.3 Å². The van der Waals surface area contributed by atoms with Gasteiger partial charge in [0.15, 0.2) is 5.13 Å². The molecule has 0 amide bonds. The minimum atomic E-state index is -3.99. The molecule has 154 valence electrons. The molecule has 30 heavy (non-hydrogen) atoms. The number of anilines is 3. The molecule has 0 atom stereocenters. The number of para-hydroxylation sites is 1. The van der Waals surface area contributed by atoms with Crippen LogP contribution < -0.4 is 10.0 Å². The van der Waals surface area contributed by atoms with Crippen LogP contribution in [0, 0.1) is 18.6 Å². The molecule has 0 radical (unpaired) electrons. The van der Waals surface area contributed by atoms with Gasteiger partial charge in [0.25, 0.3) is 10.0 Å². The van der Waals surface area contributed by atoms with E-state index in [1.807, 2.05) is 0 Å². The SMILES string of the molecule is Cc1cc(Nc2ccc(S(=O)(=O)Nc3nccs3)cc2F)n(-c2ccccc2F)n1. The zero-order valence-electron chi connectivity index (χ0n) is 15.5. The zero-order valence-corrected chi connectivity index (χ0v) is 17.1. The molecule has 0 aliphatic heterocycles. The van der Waals surface area contributed by atoms with Crippen molar-refractivity contribution >= 4 is 38.0 Å². The maximum absolute atomic E-state index is 14.7. The molecule has 2 aromatic carbocycles. The summed E-state index contributed by atoms with van der Waals surface area (Å²) < 4.78 is 57.3. The van der Waals surface area contributed by atoms with E-state index in [2.05, 4.69) is 20.1 Å². The Kier molecular flexibility index (Phi) is 5.22. The maximum Gasteiger partial charge on any atom is 0.263 e. The number of hydrogen-bond acceptors (Lipinski definition) is 6. The molecule has 0 unspecified atom stereocenters. The number of nitrogens with one attached hydrogen (secondary N) is 2. The fourth-order valence-electron chi connectivity index (χ4n) is 2.75. The second-order valence-electron chi connectivity index (χ2n) is 6.24. The first-order chi connectivity index (χ1) is 14.3. The number of hydrogen-bond donors (Lipinski definition) is 2. The Hall–Kier alpha value is -3.31. The quantitative estimate of drug-likeness (QED) is 0.456. The second kappa shape index (κ2) is 7.84. The molecule has 0 aliphatic rings. The summed E-state index contributed by atoms with van der Waals surface area (Å²) in [6.07, 6.45) is 1.46. The van der Waals surface area contributed by atoms with E-state index in [9.17, 15) is 17.2 Å². The summed E-state index contributed by atoms with van der Waals surface area (Å²) in [6, 6.07) is 11.1. The van der Waals surface area contributed by atoms with Crippen LogP contribution in [0.4, 0.5) is 25.4 Å². The zero-order chi connectivity index (χ0) is 21.3. The summed E-state index contributed by atoms with van der Waals surface area (Å²) in [7, 11) is -3.99. The molecule has 0 aliphatic carbocycles. The molecule has 7 nitrogen and oxygen atoms in total. The van der Waals surface area contributed by atoms with Crippen LogP contribution in [-0.4, -0.2) is 23.2 Å². The number of rotatable bonds is 6. The monoisotopic (exact) mass is 447 g/mol. The molecule has 0 bridgehead atoms. The highest BCUT2D eigenvalue weighted by atomic mass is 32.2. The molecule has 4 aromatic rings. The van der Waals surface area contributed by atoms with Gasteiger partial charge in [-0.05, 0) is 37.3 Å². The van der Waals surface area contributed by atoms with Gasteiger partial charge >= 0.3 is 0 Å². The van der Waals surface area contributed by atoms with Gasteiger partial charge in [-0.2, -0.15) is 5.10 Å². The van der Waals surface area contributed by atoms with Crippen molar-refractivity contribution in [2.45, 2.75) is 11.8 Å². The first kappa shape index (κ1) is 20.0. The highest BCUT2D eigenvalue weighted by Gasteiger charge is 2.19. The van der Waals surface area contributed by atoms with Gasteiger partial charge in [-0.25, -0.2) is 26.9 Å². The van der Waals surface area contributed by atoms with E-state index in [1.54, 1.807) is 36.6 Å². The Balaban J connectivity index is 1.64. The Bertz CT molecular complexity index is 1300. The van der Waals surface area contributed by atoms with Gasteiger partial charge in [0, 0.05) is 17.6 Å². The molecule has 2 aromatic heterocycles. The number of nitrogens with zero attached hydrogens (tertiary/aromatic N) is 3. The van der Waals surface area contributed by atoms with Crippen LogP contribution in [0.1, 0.15) is 5.69 Å². The average molecular weight is 447 g/mol. The van der Waals surface area contributed by atoms with Gasteiger partial charge in [0.1, 0.15) is 23.1 Å². The predicted molar refractivity (Wildman–Crippen MR) is 111 cm³/mol. The van der Waals surface area contributed by atoms with Crippen molar-refractivity contribution in [2.24, 2.45) is 0 Å². The molecule has 11 heteroatoms. The number of benzene rings is 2. The van der Waals surface area contributed by atoms with Gasteiger partial charge < -0.3 is 5.32 Å². The molecule has 2 N–H and O–H groups in total. The normalized spacial score (nSPS) is 11.4. The first-order valence-electron chi connectivity index (χ1n) is 8.64. The Morgan fingerprint density at radius 1 is 1.07 bits per heavy atom. The van der Waals surface area contributed by atoms with Gasteiger partial charge in [0.2, 0.25) is 0 Å². The maximum atomic E-state index is 14.7. The van der Waals surface area contributed by atoms with E-state index in [0.29, 0.717) is 11.5 Å². The smallest absolute Gasteiger partial charge is 0.263 e. The van der Waals surface area contributed by atoms with Gasteiger partial charge in [-0.15, -0.1) is 11.3 Å². The third-order valence-electron chi connectivity index (χ3n) is 4.08. The average Bonchev–Trinajstić information content (AvgIpc) is 3.32. The highest BCUT2D eigenvalue weighted by molar-refractivity contribution is 7.93. The molecular weight excluding hydrogens is 432 g/mol.